The fraction of sp³-hybridized carbons (Fsp3) is 0.333. The first-order valence-electron chi connectivity index (χ1n) is 8.80. The van der Waals surface area contributed by atoms with Gasteiger partial charge in [-0.2, -0.15) is 0 Å². The molecule has 0 atom stereocenters. The van der Waals surface area contributed by atoms with E-state index in [2.05, 4.69) is 11.9 Å². The predicted octanol–water partition coefficient (Wildman–Crippen LogP) is 4.19. The van der Waals surface area contributed by atoms with Crippen molar-refractivity contribution in [3.05, 3.63) is 52.7 Å². The summed E-state index contributed by atoms with van der Waals surface area (Å²) in [7, 11) is 3.31. The lowest BCUT2D eigenvalue weighted by Gasteiger charge is -2.16. The molecule has 1 aromatic carbocycles. The van der Waals surface area contributed by atoms with E-state index in [4.69, 9.17) is 9.47 Å². The van der Waals surface area contributed by atoms with E-state index in [1.165, 1.54) is 0 Å². The molecule has 5 nitrogen and oxygen atoms in total. The number of aromatic nitrogens is 2. The van der Waals surface area contributed by atoms with E-state index in [0.717, 1.165) is 46.4 Å². The Balaban J connectivity index is 2.34. The average Bonchev–Trinajstić information content (AvgIpc) is 2.67. The van der Waals surface area contributed by atoms with E-state index in [1.807, 2.05) is 31.3 Å². The lowest BCUT2D eigenvalue weighted by Crippen LogP contribution is -2.20. The van der Waals surface area contributed by atoms with E-state index in [9.17, 15) is 4.79 Å². The van der Waals surface area contributed by atoms with Crippen molar-refractivity contribution in [1.82, 2.24) is 9.55 Å². The molecule has 0 N–H and O–H groups in total. The van der Waals surface area contributed by atoms with Gasteiger partial charge in [0.2, 0.25) is 0 Å². The van der Waals surface area contributed by atoms with Crippen LogP contribution in [0.5, 0.6) is 11.5 Å². The van der Waals surface area contributed by atoms with Gasteiger partial charge in [-0.15, -0.1) is 0 Å². The number of aryl methyl sites for hydroxylation is 2. The number of unbranched alkanes of at least 4 members (excludes halogenated alkanes) is 1. The molecule has 2 heterocycles. The molecule has 0 bridgehead atoms. The first kappa shape index (κ1) is 18.0. The Bertz CT molecular complexity index is 992. The van der Waals surface area contributed by atoms with Crippen molar-refractivity contribution in [1.29, 1.82) is 0 Å². The molecule has 0 spiro atoms. The average molecular weight is 352 g/mol. The van der Waals surface area contributed by atoms with Gasteiger partial charge in [0.1, 0.15) is 11.5 Å². The molecule has 136 valence electrons. The second kappa shape index (κ2) is 7.60. The van der Waals surface area contributed by atoms with Crippen LogP contribution in [0.4, 0.5) is 0 Å². The van der Waals surface area contributed by atoms with Gasteiger partial charge in [-0.3, -0.25) is 9.78 Å². The zero-order valence-corrected chi connectivity index (χ0v) is 15.7. The molecule has 0 unspecified atom stereocenters. The summed E-state index contributed by atoms with van der Waals surface area (Å²) in [4.78, 5) is 17.0. The standard InChI is InChI=1S/C21H24N2O3/c1-5-6-9-23-13-18(15-7-8-22-12-17(15)21(23)24)16-11-19(25-3)14(2)10-20(16)26-4/h7-8,10-13H,5-6,9H2,1-4H3. The van der Waals surface area contributed by atoms with Crippen molar-refractivity contribution in [3.8, 4) is 22.6 Å². The van der Waals surface area contributed by atoms with E-state index >= 15 is 0 Å². The molecule has 0 saturated heterocycles. The zero-order valence-electron chi connectivity index (χ0n) is 15.7. The molecule has 2 aromatic heterocycles. The molecule has 0 aliphatic carbocycles. The molecule has 0 amide bonds. The predicted molar refractivity (Wildman–Crippen MR) is 104 cm³/mol. The van der Waals surface area contributed by atoms with Gasteiger partial charge in [0.25, 0.3) is 5.56 Å². The Morgan fingerprint density at radius 2 is 1.85 bits per heavy atom. The van der Waals surface area contributed by atoms with Gasteiger partial charge in [-0.05, 0) is 42.5 Å². The van der Waals surface area contributed by atoms with Gasteiger partial charge in [-0.25, -0.2) is 0 Å². The van der Waals surface area contributed by atoms with Gasteiger partial charge in [0.05, 0.1) is 19.6 Å². The maximum absolute atomic E-state index is 12.8. The summed E-state index contributed by atoms with van der Waals surface area (Å²) in [5.74, 6) is 1.54. The number of methoxy groups -OCH3 is 2. The summed E-state index contributed by atoms with van der Waals surface area (Å²) in [5, 5.41) is 1.48. The number of benzene rings is 1. The number of hydrogen-bond acceptors (Lipinski definition) is 4. The highest BCUT2D eigenvalue weighted by atomic mass is 16.5. The van der Waals surface area contributed by atoms with Gasteiger partial charge in [0, 0.05) is 36.3 Å². The number of hydrogen-bond donors (Lipinski definition) is 0. The molecule has 0 aliphatic heterocycles. The summed E-state index contributed by atoms with van der Waals surface area (Å²) in [6, 6.07) is 5.81. The summed E-state index contributed by atoms with van der Waals surface area (Å²) < 4.78 is 12.9. The molecule has 0 saturated carbocycles. The van der Waals surface area contributed by atoms with Crippen LogP contribution in [0, 0.1) is 6.92 Å². The minimum absolute atomic E-state index is 0.0108. The highest BCUT2D eigenvalue weighted by Gasteiger charge is 2.16. The molecule has 26 heavy (non-hydrogen) atoms. The SMILES string of the molecule is CCCCn1cc(-c2cc(OC)c(C)cc2OC)c2ccncc2c1=O. The summed E-state index contributed by atoms with van der Waals surface area (Å²) >= 11 is 0. The van der Waals surface area contributed by atoms with Gasteiger partial charge < -0.3 is 14.0 Å². The Kier molecular flexibility index (Phi) is 5.26. The Morgan fingerprint density at radius 1 is 1.08 bits per heavy atom. The number of rotatable bonds is 6. The second-order valence-electron chi connectivity index (χ2n) is 6.34. The molecule has 0 fully saturated rings. The quantitative estimate of drug-likeness (QED) is 0.667. The first-order valence-corrected chi connectivity index (χ1v) is 8.80. The third-order valence-corrected chi connectivity index (χ3v) is 4.65. The highest BCUT2D eigenvalue weighted by molar-refractivity contribution is 5.97. The molecule has 3 aromatic rings. The van der Waals surface area contributed by atoms with Crippen molar-refractivity contribution in [2.75, 3.05) is 14.2 Å². The maximum atomic E-state index is 12.8. The third-order valence-electron chi connectivity index (χ3n) is 4.65. The van der Waals surface area contributed by atoms with E-state index in [1.54, 1.807) is 31.2 Å². The highest BCUT2D eigenvalue weighted by Crippen LogP contribution is 2.38. The second-order valence-corrected chi connectivity index (χ2v) is 6.34. The first-order chi connectivity index (χ1) is 12.6. The lowest BCUT2D eigenvalue weighted by atomic mass is 9.99. The largest absolute Gasteiger partial charge is 0.496 e. The van der Waals surface area contributed by atoms with Gasteiger partial charge in [0.15, 0.2) is 0 Å². The topological polar surface area (TPSA) is 53.4 Å². The van der Waals surface area contributed by atoms with Crippen LogP contribution in [0.1, 0.15) is 25.3 Å². The van der Waals surface area contributed by atoms with Crippen LogP contribution in [0.15, 0.2) is 41.6 Å². The van der Waals surface area contributed by atoms with Crippen LogP contribution >= 0.6 is 0 Å². The van der Waals surface area contributed by atoms with Crippen LogP contribution in [-0.4, -0.2) is 23.8 Å². The van der Waals surface area contributed by atoms with Crippen molar-refractivity contribution < 1.29 is 9.47 Å². The smallest absolute Gasteiger partial charge is 0.260 e. The molecule has 0 aliphatic rings. The monoisotopic (exact) mass is 352 g/mol. The number of fused-ring (bicyclic) bond motifs is 1. The normalized spacial score (nSPS) is 10.9. The van der Waals surface area contributed by atoms with Crippen LogP contribution in [-0.2, 0) is 6.54 Å². The minimum atomic E-state index is -0.0108. The van der Waals surface area contributed by atoms with Crippen molar-refractivity contribution >= 4 is 10.8 Å². The zero-order chi connectivity index (χ0) is 18.7. The Morgan fingerprint density at radius 3 is 2.54 bits per heavy atom. The minimum Gasteiger partial charge on any atom is -0.496 e. The van der Waals surface area contributed by atoms with Crippen molar-refractivity contribution in [3.63, 3.8) is 0 Å². The van der Waals surface area contributed by atoms with Crippen LogP contribution in [0.25, 0.3) is 21.9 Å². The van der Waals surface area contributed by atoms with Gasteiger partial charge in [-0.1, -0.05) is 13.3 Å². The molecule has 3 rings (SSSR count). The Hall–Kier alpha value is -2.82. The van der Waals surface area contributed by atoms with E-state index in [0.29, 0.717) is 11.9 Å². The fourth-order valence-electron chi connectivity index (χ4n) is 3.21. The molecule has 0 radical (unpaired) electrons. The maximum Gasteiger partial charge on any atom is 0.260 e. The number of pyridine rings is 2. The Labute approximate surface area is 153 Å². The van der Waals surface area contributed by atoms with E-state index in [-0.39, 0.29) is 5.56 Å². The van der Waals surface area contributed by atoms with E-state index < -0.39 is 0 Å². The summed E-state index contributed by atoms with van der Waals surface area (Å²) in [5.41, 5.74) is 2.83. The van der Waals surface area contributed by atoms with Gasteiger partial charge >= 0.3 is 0 Å². The number of ether oxygens (including phenoxy) is 2. The molecule has 5 heteroatoms. The lowest BCUT2D eigenvalue weighted by molar-refractivity contribution is 0.402. The fourth-order valence-corrected chi connectivity index (χ4v) is 3.21. The molecular weight excluding hydrogens is 328 g/mol. The van der Waals surface area contributed by atoms with Crippen LogP contribution < -0.4 is 15.0 Å². The summed E-state index contributed by atoms with van der Waals surface area (Å²) in [6.45, 7) is 4.77. The summed E-state index contributed by atoms with van der Waals surface area (Å²) in [6.07, 6.45) is 7.24. The van der Waals surface area contributed by atoms with Crippen LogP contribution in [0.3, 0.4) is 0 Å². The van der Waals surface area contributed by atoms with Crippen molar-refractivity contribution in [2.45, 2.75) is 33.2 Å². The van der Waals surface area contributed by atoms with Crippen molar-refractivity contribution in [2.24, 2.45) is 0 Å². The number of nitrogens with zero attached hydrogens (tertiary/aromatic N) is 2. The molecular formula is C21H24N2O3. The third kappa shape index (κ3) is 3.17. The van der Waals surface area contributed by atoms with Crippen LogP contribution in [0.2, 0.25) is 0 Å².